The van der Waals surface area contributed by atoms with Crippen molar-refractivity contribution in [2.24, 2.45) is 0 Å². The quantitative estimate of drug-likeness (QED) is 0.622. The van der Waals surface area contributed by atoms with Gasteiger partial charge in [0.25, 0.3) is 11.8 Å². The smallest absolute Gasteiger partial charge is 0.291 e. The lowest BCUT2D eigenvalue weighted by Crippen LogP contribution is -2.46. The number of carbonyl (C=O) groups excluding carboxylic acids is 2. The van der Waals surface area contributed by atoms with Crippen LogP contribution in [0.3, 0.4) is 0 Å². The molecule has 9 nitrogen and oxygen atoms in total. The summed E-state index contributed by atoms with van der Waals surface area (Å²) in [4.78, 5) is 33.5. The number of nitrogens with zero attached hydrogens (tertiary/aromatic N) is 3. The number of aromatic amines is 1. The minimum atomic E-state index is -0.883. The maximum Gasteiger partial charge on any atom is 0.291 e. The number of amides is 2. The second-order valence-corrected chi connectivity index (χ2v) is 7.01. The molecule has 1 unspecified atom stereocenters. The molecule has 2 atom stereocenters. The summed E-state index contributed by atoms with van der Waals surface area (Å²) in [5.41, 5.74) is 2.50. The molecule has 9 heteroatoms. The van der Waals surface area contributed by atoms with Crippen molar-refractivity contribution in [1.82, 2.24) is 25.5 Å². The summed E-state index contributed by atoms with van der Waals surface area (Å²) in [7, 11) is 0. The molecule has 146 valence electrons. The molecule has 3 heterocycles. The Balaban J connectivity index is 1.30. The number of nitrogens with one attached hydrogen (secondary N) is 3. The number of H-pyrrole nitrogens is 1. The van der Waals surface area contributed by atoms with Crippen molar-refractivity contribution >= 4 is 17.6 Å². The van der Waals surface area contributed by atoms with E-state index in [-0.39, 0.29) is 18.3 Å². The van der Waals surface area contributed by atoms with E-state index in [4.69, 9.17) is 4.74 Å². The van der Waals surface area contributed by atoms with Crippen LogP contribution in [-0.4, -0.2) is 44.6 Å². The zero-order valence-electron chi connectivity index (χ0n) is 15.4. The van der Waals surface area contributed by atoms with Gasteiger partial charge in [-0.2, -0.15) is 0 Å². The van der Waals surface area contributed by atoms with Crippen LogP contribution in [0.25, 0.3) is 0 Å². The van der Waals surface area contributed by atoms with E-state index >= 15 is 0 Å². The molecule has 0 saturated heterocycles. The monoisotopic (exact) mass is 390 g/mol. The third kappa shape index (κ3) is 3.20. The zero-order chi connectivity index (χ0) is 19.8. The topological polar surface area (TPSA) is 122 Å². The van der Waals surface area contributed by atoms with Gasteiger partial charge in [-0.15, -0.1) is 5.10 Å². The summed E-state index contributed by atoms with van der Waals surface area (Å²) in [6.07, 6.45) is 3.44. The van der Waals surface area contributed by atoms with Gasteiger partial charge in [0.05, 0.1) is 0 Å². The fourth-order valence-electron chi connectivity index (χ4n) is 3.76. The van der Waals surface area contributed by atoms with Gasteiger partial charge < -0.3 is 15.4 Å². The SMILES string of the molecule is O=C(NC1COc2cccnc2NC1=O)c1n[nH]c([C@H]2CCc3ccccc32)n1. The summed E-state index contributed by atoms with van der Waals surface area (Å²) < 4.78 is 5.58. The van der Waals surface area contributed by atoms with E-state index in [1.807, 2.05) is 12.1 Å². The first-order valence-corrected chi connectivity index (χ1v) is 9.38. The number of carbonyl (C=O) groups is 2. The number of benzene rings is 1. The standard InChI is InChI=1S/C20H18N6O3/c27-19-14(10-29-15-6-3-9-21-17(15)24-19)22-20(28)18-23-16(25-26-18)13-8-7-11-4-1-2-5-12(11)13/h1-6,9,13-14H,7-8,10H2,(H,22,28)(H,21,24,27)(H,23,25,26)/t13-,14?/m0/s1. The number of ether oxygens (including phenoxy) is 1. The number of aryl methyl sites for hydroxylation is 1. The Labute approximate surface area is 165 Å². The largest absolute Gasteiger partial charge is 0.487 e. The number of pyridine rings is 1. The maximum atomic E-state index is 12.6. The van der Waals surface area contributed by atoms with E-state index in [2.05, 4.69) is 42.9 Å². The van der Waals surface area contributed by atoms with Gasteiger partial charge in [-0.25, -0.2) is 9.97 Å². The second-order valence-electron chi connectivity index (χ2n) is 7.01. The Morgan fingerprint density at radius 3 is 3.03 bits per heavy atom. The predicted molar refractivity (Wildman–Crippen MR) is 103 cm³/mol. The molecule has 1 aliphatic heterocycles. The summed E-state index contributed by atoms with van der Waals surface area (Å²) in [5.74, 6) is 0.574. The molecule has 3 N–H and O–H groups in total. The van der Waals surface area contributed by atoms with Gasteiger partial charge in [-0.3, -0.25) is 14.7 Å². The number of rotatable bonds is 3. The van der Waals surface area contributed by atoms with E-state index < -0.39 is 17.9 Å². The molecule has 1 aromatic carbocycles. The van der Waals surface area contributed by atoms with E-state index in [1.54, 1.807) is 18.3 Å². The minimum absolute atomic E-state index is 0.00272. The van der Waals surface area contributed by atoms with Gasteiger partial charge >= 0.3 is 0 Å². The predicted octanol–water partition coefficient (Wildman–Crippen LogP) is 1.41. The molecule has 5 rings (SSSR count). The van der Waals surface area contributed by atoms with Gasteiger partial charge in [0, 0.05) is 12.1 Å². The van der Waals surface area contributed by atoms with Crippen LogP contribution in [-0.2, 0) is 11.2 Å². The number of aromatic nitrogens is 4. The molecular weight excluding hydrogens is 372 g/mol. The lowest BCUT2D eigenvalue weighted by atomic mass is 10.0. The van der Waals surface area contributed by atoms with Crippen molar-refractivity contribution in [1.29, 1.82) is 0 Å². The van der Waals surface area contributed by atoms with E-state index in [0.29, 0.717) is 17.4 Å². The first-order chi connectivity index (χ1) is 14.2. The van der Waals surface area contributed by atoms with Crippen molar-refractivity contribution in [2.75, 3.05) is 11.9 Å². The molecule has 0 spiro atoms. The highest BCUT2D eigenvalue weighted by Gasteiger charge is 2.30. The van der Waals surface area contributed by atoms with Crippen LogP contribution in [0.15, 0.2) is 42.6 Å². The molecule has 1 aliphatic carbocycles. The van der Waals surface area contributed by atoms with E-state index in [1.165, 1.54) is 11.1 Å². The maximum absolute atomic E-state index is 12.6. The Bertz CT molecular complexity index is 1100. The lowest BCUT2D eigenvalue weighted by Gasteiger charge is -2.13. The van der Waals surface area contributed by atoms with Gasteiger partial charge in [0.1, 0.15) is 18.5 Å². The summed E-state index contributed by atoms with van der Waals surface area (Å²) in [6.45, 7) is -0.0104. The molecule has 2 aliphatic rings. The number of hydrogen-bond acceptors (Lipinski definition) is 6. The third-order valence-electron chi connectivity index (χ3n) is 5.21. The first-order valence-electron chi connectivity index (χ1n) is 9.38. The van der Waals surface area contributed by atoms with E-state index in [9.17, 15) is 9.59 Å². The fraction of sp³-hybridized carbons (Fsp3) is 0.250. The normalized spacial score (nSPS) is 20.1. The fourth-order valence-corrected chi connectivity index (χ4v) is 3.76. The zero-order valence-corrected chi connectivity index (χ0v) is 15.4. The van der Waals surface area contributed by atoms with Crippen LogP contribution in [0.1, 0.15) is 39.9 Å². The molecule has 2 aromatic heterocycles. The van der Waals surface area contributed by atoms with Crippen molar-refractivity contribution in [3.63, 3.8) is 0 Å². The van der Waals surface area contributed by atoms with Gasteiger partial charge in [-0.1, -0.05) is 24.3 Å². The van der Waals surface area contributed by atoms with Crippen LogP contribution >= 0.6 is 0 Å². The molecule has 0 radical (unpaired) electrons. The van der Waals surface area contributed by atoms with Crippen molar-refractivity contribution in [2.45, 2.75) is 24.8 Å². The molecule has 0 saturated carbocycles. The third-order valence-corrected chi connectivity index (χ3v) is 5.21. The highest BCUT2D eigenvalue weighted by molar-refractivity contribution is 6.00. The van der Waals surface area contributed by atoms with Gasteiger partial charge in [-0.05, 0) is 36.1 Å². The average molecular weight is 390 g/mol. The number of fused-ring (bicyclic) bond motifs is 2. The van der Waals surface area contributed by atoms with Crippen LogP contribution in [0, 0.1) is 0 Å². The van der Waals surface area contributed by atoms with Gasteiger partial charge in [0.15, 0.2) is 11.6 Å². The van der Waals surface area contributed by atoms with Crippen LogP contribution in [0.2, 0.25) is 0 Å². The van der Waals surface area contributed by atoms with Crippen molar-refractivity contribution < 1.29 is 14.3 Å². The Kier molecular flexibility index (Phi) is 4.19. The summed E-state index contributed by atoms with van der Waals surface area (Å²) in [5, 5.41) is 12.2. The summed E-state index contributed by atoms with van der Waals surface area (Å²) >= 11 is 0. The molecule has 3 aromatic rings. The lowest BCUT2D eigenvalue weighted by molar-refractivity contribution is -0.118. The molecular formula is C20H18N6O3. The van der Waals surface area contributed by atoms with Gasteiger partial charge in [0.2, 0.25) is 5.82 Å². The molecule has 0 fully saturated rings. The number of hydrogen-bond donors (Lipinski definition) is 3. The van der Waals surface area contributed by atoms with E-state index in [0.717, 1.165) is 12.8 Å². The Morgan fingerprint density at radius 2 is 2.10 bits per heavy atom. The minimum Gasteiger partial charge on any atom is -0.487 e. The van der Waals surface area contributed by atoms with Crippen LogP contribution in [0.4, 0.5) is 5.82 Å². The Hall–Kier alpha value is -3.75. The first kappa shape index (κ1) is 17.4. The summed E-state index contributed by atoms with van der Waals surface area (Å²) in [6, 6.07) is 10.7. The molecule has 0 bridgehead atoms. The number of anilines is 1. The second kappa shape index (κ2) is 7.01. The highest BCUT2D eigenvalue weighted by Crippen LogP contribution is 2.36. The molecule has 29 heavy (non-hydrogen) atoms. The van der Waals surface area contributed by atoms with Crippen molar-refractivity contribution in [3.8, 4) is 5.75 Å². The van der Waals surface area contributed by atoms with Crippen LogP contribution in [0.5, 0.6) is 5.75 Å². The Morgan fingerprint density at radius 1 is 1.21 bits per heavy atom. The van der Waals surface area contributed by atoms with Crippen LogP contribution < -0.4 is 15.4 Å². The highest BCUT2D eigenvalue weighted by atomic mass is 16.5. The molecule has 2 amide bonds. The average Bonchev–Trinajstić information content (AvgIpc) is 3.35. The van der Waals surface area contributed by atoms with Crippen molar-refractivity contribution in [3.05, 3.63) is 65.4 Å².